The summed E-state index contributed by atoms with van der Waals surface area (Å²) in [6, 6.07) is 24.0. The van der Waals surface area contributed by atoms with Crippen molar-refractivity contribution in [2.75, 3.05) is 0 Å². The van der Waals surface area contributed by atoms with Gasteiger partial charge in [0.25, 0.3) is 5.69 Å². The number of aromatic nitrogens is 1. The lowest BCUT2D eigenvalue weighted by atomic mass is 10.1. The third-order valence-corrected chi connectivity index (χ3v) is 6.34. The normalized spacial score (nSPS) is 11.0. The quantitative estimate of drug-likeness (QED) is 0.153. The van der Waals surface area contributed by atoms with Crippen molar-refractivity contribution in [3.8, 4) is 11.4 Å². The molecule has 1 amide bonds. The van der Waals surface area contributed by atoms with Gasteiger partial charge in [0, 0.05) is 38.7 Å². The molecule has 8 nitrogen and oxygen atoms in total. The summed E-state index contributed by atoms with van der Waals surface area (Å²) < 4.78 is 9.03. The number of hydrogen-bond donors (Lipinski definition) is 1. The van der Waals surface area contributed by atoms with E-state index in [2.05, 4.69) is 31.0 Å². The van der Waals surface area contributed by atoms with Crippen LogP contribution in [0.5, 0.6) is 5.75 Å². The number of nitro benzene ring substituents is 1. The van der Waals surface area contributed by atoms with Gasteiger partial charge in [-0.15, -0.1) is 0 Å². The Kier molecular flexibility index (Phi) is 8.15. The van der Waals surface area contributed by atoms with E-state index in [9.17, 15) is 14.9 Å². The average Bonchev–Trinajstić information content (AvgIpc) is 3.17. The van der Waals surface area contributed by atoms with Gasteiger partial charge in [0.05, 0.1) is 17.6 Å². The topological polar surface area (TPSA) is 98.8 Å². The van der Waals surface area contributed by atoms with Crippen molar-refractivity contribution >= 4 is 33.7 Å². The van der Waals surface area contributed by atoms with E-state index in [1.807, 2.05) is 68.4 Å². The van der Waals surface area contributed by atoms with Gasteiger partial charge >= 0.3 is 0 Å². The molecule has 1 N–H and O–H groups in total. The van der Waals surface area contributed by atoms with Gasteiger partial charge in [-0.3, -0.25) is 14.9 Å². The number of hydrazone groups is 1. The highest BCUT2D eigenvalue weighted by molar-refractivity contribution is 9.10. The number of para-hydroxylation sites is 1. The highest BCUT2D eigenvalue weighted by Gasteiger charge is 2.15. The van der Waals surface area contributed by atoms with Crippen molar-refractivity contribution in [3.05, 3.63) is 122 Å². The van der Waals surface area contributed by atoms with Crippen molar-refractivity contribution in [1.82, 2.24) is 9.99 Å². The largest absolute Gasteiger partial charge is 0.489 e. The monoisotopic (exact) mass is 560 g/mol. The minimum absolute atomic E-state index is 0.0880. The zero-order valence-electron chi connectivity index (χ0n) is 20.3. The first-order chi connectivity index (χ1) is 17.8. The van der Waals surface area contributed by atoms with Gasteiger partial charge in [-0.05, 0) is 61.9 Å². The fourth-order valence-electron chi connectivity index (χ4n) is 3.98. The number of rotatable bonds is 9. The number of ether oxygens (including phenoxy) is 1. The predicted molar refractivity (Wildman–Crippen MR) is 146 cm³/mol. The lowest BCUT2D eigenvalue weighted by Crippen LogP contribution is -2.20. The number of aryl methyl sites for hydroxylation is 1. The van der Waals surface area contributed by atoms with Gasteiger partial charge < -0.3 is 9.30 Å². The molecule has 0 spiro atoms. The molecule has 0 bridgehead atoms. The van der Waals surface area contributed by atoms with Gasteiger partial charge in [0.15, 0.2) is 0 Å². The molecule has 1 aromatic heterocycles. The number of halogens is 1. The van der Waals surface area contributed by atoms with Crippen LogP contribution in [0.1, 0.15) is 28.1 Å². The number of nitro groups is 1. The van der Waals surface area contributed by atoms with Crippen molar-refractivity contribution < 1.29 is 14.5 Å². The first kappa shape index (κ1) is 25.8. The molecule has 0 atom stereocenters. The van der Waals surface area contributed by atoms with Crippen LogP contribution in [0.4, 0.5) is 5.69 Å². The first-order valence-corrected chi connectivity index (χ1v) is 12.3. The molecule has 0 aliphatic heterocycles. The minimum atomic E-state index is -0.498. The fraction of sp³-hybridized carbons (Fsp3) is 0.143. The molecule has 0 radical (unpaired) electrons. The van der Waals surface area contributed by atoms with Gasteiger partial charge in [-0.25, -0.2) is 5.43 Å². The summed E-state index contributed by atoms with van der Waals surface area (Å²) in [4.78, 5) is 22.9. The molecule has 37 heavy (non-hydrogen) atoms. The number of nitrogens with zero attached hydrogens (tertiary/aromatic N) is 3. The maximum atomic E-state index is 12.3. The molecule has 3 aromatic carbocycles. The number of benzene rings is 3. The van der Waals surface area contributed by atoms with Crippen LogP contribution >= 0.6 is 15.9 Å². The minimum Gasteiger partial charge on any atom is -0.489 e. The smallest absolute Gasteiger partial charge is 0.273 e. The van der Waals surface area contributed by atoms with Gasteiger partial charge in [0.1, 0.15) is 12.4 Å². The van der Waals surface area contributed by atoms with E-state index in [1.54, 1.807) is 24.4 Å². The summed E-state index contributed by atoms with van der Waals surface area (Å²) >= 11 is 3.43. The first-order valence-electron chi connectivity index (χ1n) is 11.5. The molecule has 0 saturated carbocycles. The Labute approximate surface area is 222 Å². The lowest BCUT2D eigenvalue weighted by Gasteiger charge is -2.11. The Morgan fingerprint density at radius 1 is 1.08 bits per heavy atom. The van der Waals surface area contributed by atoms with Crippen LogP contribution in [0.3, 0.4) is 0 Å². The van der Waals surface area contributed by atoms with E-state index in [0.717, 1.165) is 38.4 Å². The van der Waals surface area contributed by atoms with Crippen LogP contribution in [-0.2, 0) is 17.8 Å². The Morgan fingerprint density at radius 2 is 1.78 bits per heavy atom. The molecule has 0 unspecified atom stereocenters. The Hall–Kier alpha value is -4.24. The Balaban J connectivity index is 1.39. The molecule has 0 aliphatic rings. The SMILES string of the molecule is Cc1cc(/C=N/NC(=O)Cc2ccccc2[N+](=O)[O-])c(C)n1-c1ccc(OCc2ccc(Br)cc2)cc1. The number of nitrogens with one attached hydrogen (secondary N) is 1. The zero-order chi connectivity index (χ0) is 26.4. The molecule has 9 heteroatoms. The summed E-state index contributed by atoms with van der Waals surface area (Å²) in [5.74, 6) is 0.343. The van der Waals surface area contributed by atoms with Gasteiger partial charge in [-0.2, -0.15) is 5.10 Å². The van der Waals surface area contributed by atoms with E-state index in [4.69, 9.17) is 4.74 Å². The lowest BCUT2D eigenvalue weighted by molar-refractivity contribution is -0.385. The fourth-order valence-corrected chi connectivity index (χ4v) is 4.24. The summed E-state index contributed by atoms with van der Waals surface area (Å²) in [6.45, 7) is 4.45. The van der Waals surface area contributed by atoms with E-state index >= 15 is 0 Å². The molecule has 4 aromatic rings. The molecule has 1 heterocycles. The molecule has 0 fully saturated rings. The predicted octanol–water partition coefficient (Wildman–Crippen LogP) is 6.04. The van der Waals surface area contributed by atoms with E-state index in [1.165, 1.54) is 6.07 Å². The second kappa shape index (κ2) is 11.7. The third-order valence-electron chi connectivity index (χ3n) is 5.82. The summed E-state index contributed by atoms with van der Waals surface area (Å²) in [6.07, 6.45) is 1.44. The van der Waals surface area contributed by atoms with Crippen LogP contribution in [0.15, 0.2) is 88.4 Å². The summed E-state index contributed by atoms with van der Waals surface area (Å²) in [5, 5.41) is 15.2. The maximum Gasteiger partial charge on any atom is 0.273 e. The second-order valence-corrected chi connectivity index (χ2v) is 9.34. The molecular formula is C28H25BrN4O4. The van der Waals surface area contributed by atoms with Crippen LogP contribution in [0.25, 0.3) is 5.69 Å². The number of amides is 1. The van der Waals surface area contributed by atoms with Crippen molar-refractivity contribution in [2.45, 2.75) is 26.9 Å². The average molecular weight is 561 g/mol. The van der Waals surface area contributed by atoms with Crippen molar-refractivity contribution in [2.24, 2.45) is 5.10 Å². The van der Waals surface area contributed by atoms with Crippen molar-refractivity contribution in [3.63, 3.8) is 0 Å². The summed E-state index contributed by atoms with van der Waals surface area (Å²) in [7, 11) is 0. The van der Waals surface area contributed by atoms with Gasteiger partial charge in [0.2, 0.25) is 5.91 Å². The van der Waals surface area contributed by atoms with Crippen LogP contribution in [-0.4, -0.2) is 21.6 Å². The molecular weight excluding hydrogens is 536 g/mol. The molecule has 188 valence electrons. The number of carbonyl (C=O) groups is 1. The molecule has 0 saturated heterocycles. The van der Waals surface area contributed by atoms with Crippen molar-refractivity contribution in [1.29, 1.82) is 0 Å². The highest BCUT2D eigenvalue weighted by atomic mass is 79.9. The third kappa shape index (κ3) is 6.50. The maximum absolute atomic E-state index is 12.3. The highest BCUT2D eigenvalue weighted by Crippen LogP contribution is 2.23. The van der Waals surface area contributed by atoms with Crippen LogP contribution in [0, 0.1) is 24.0 Å². The molecule has 0 aliphatic carbocycles. The number of carbonyl (C=O) groups excluding carboxylic acids is 1. The van der Waals surface area contributed by atoms with E-state index < -0.39 is 10.8 Å². The summed E-state index contributed by atoms with van der Waals surface area (Å²) in [5.41, 5.74) is 7.58. The Morgan fingerprint density at radius 3 is 2.49 bits per heavy atom. The van der Waals surface area contributed by atoms with Gasteiger partial charge in [-0.1, -0.05) is 46.3 Å². The van der Waals surface area contributed by atoms with E-state index in [-0.39, 0.29) is 12.1 Å². The van der Waals surface area contributed by atoms with E-state index in [0.29, 0.717) is 12.2 Å². The molecule has 4 rings (SSSR count). The zero-order valence-corrected chi connectivity index (χ0v) is 21.9. The number of hydrogen-bond acceptors (Lipinski definition) is 5. The van der Waals surface area contributed by atoms with Crippen LogP contribution in [0.2, 0.25) is 0 Å². The standard InChI is InChI=1S/C28H25BrN4O4/c1-19-15-23(17-30-31-28(34)16-22-5-3-4-6-27(22)33(35)36)20(2)32(19)25-11-13-26(14-12-25)37-18-21-7-9-24(29)10-8-21/h3-15,17H,16,18H2,1-2H3,(H,31,34)/b30-17+. The van der Waals surface area contributed by atoms with Crippen LogP contribution < -0.4 is 10.2 Å². The second-order valence-electron chi connectivity index (χ2n) is 8.43. The Bertz CT molecular complexity index is 1440.